The van der Waals surface area contributed by atoms with Crippen LogP contribution in [0, 0.1) is 0 Å². The van der Waals surface area contributed by atoms with E-state index in [1.54, 1.807) is 18.3 Å². The molecule has 0 bridgehead atoms. The van der Waals surface area contributed by atoms with E-state index in [4.69, 9.17) is 11.6 Å². The van der Waals surface area contributed by atoms with Gasteiger partial charge in [-0.3, -0.25) is 9.59 Å². The summed E-state index contributed by atoms with van der Waals surface area (Å²) in [6, 6.07) is 5.33. The number of carbonyl (C=O) groups excluding carboxylic acids is 2. The lowest BCUT2D eigenvalue weighted by Gasteiger charge is -2.20. The van der Waals surface area contributed by atoms with Gasteiger partial charge >= 0.3 is 0 Å². The molecule has 4 rings (SSSR count). The van der Waals surface area contributed by atoms with Gasteiger partial charge in [0.1, 0.15) is 0 Å². The molecule has 2 aliphatic rings. The summed E-state index contributed by atoms with van der Waals surface area (Å²) in [5, 5.41) is 6.24. The first-order valence-corrected chi connectivity index (χ1v) is 7.29. The minimum absolute atomic E-state index is 0.0404. The Labute approximate surface area is 131 Å². The van der Waals surface area contributed by atoms with Crippen molar-refractivity contribution < 1.29 is 9.59 Å². The average molecular weight is 314 g/mol. The smallest absolute Gasteiger partial charge is 0.256 e. The molecular weight excluding hydrogens is 302 g/mol. The third-order valence-corrected chi connectivity index (χ3v) is 4.27. The van der Waals surface area contributed by atoms with E-state index in [0.29, 0.717) is 22.7 Å². The molecule has 0 aliphatic carbocycles. The zero-order valence-corrected chi connectivity index (χ0v) is 12.2. The normalized spacial score (nSPS) is 21.3. The van der Waals surface area contributed by atoms with Crippen LogP contribution in [0.4, 0.5) is 5.69 Å². The number of hydrogen-bond donors (Lipinski definition) is 3. The summed E-state index contributed by atoms with van der Waals surface area (Å²) in [5.41, 5.74) is 3.70. The van der Waals surface area contributed by atoms with Crippen molar-refractivity contribution in [1.82, 2.24) is 10.3 Å². The molecular formula is C16H12ClN3O2. The van der Waals surface area contributed by atoms with Crippen LogP contribution in [0.5, 0.6) is 0 Å². The van der Waals surface area contributed by atoms with Crippen LogP contribution in [0.15, 0.2) is 36.7 Å². The summed E-state index contributed by atoms with van der Waals surface area (Å²) in [6.45, 7) is 0.476. The number of amides is 2. The number of aromatic amines is 1. The summed E-state index contributed by atoms with van der Waals surface area (Å²) in [7, 11) is 0. The van der Waals surface area contributed by atoms with Gasteiger partial charge < -0.3 is 15.6 Å². The van der Waals surface area contributed by atoms with Crippen LogP contribution in [0.3, 0.4) is 0 Å². The largest absolute Gasteiger partial charge is 0.367 e. The van der Waals surface area contributed by atoms with E-state index in [9.17, 15) is 9.59 Å². The maximum atomic E-state index is 12.2. The van der Waals surface area contributed by atoms with Crippen molar-refractivity contribution in [3.8, 4) is 0 Å². The molecule has 3 N–H and O–H groups in total. The van der Waals surface area contributed by atoms with Gasteiger partial charge in [0, 0.05) is 41.0 Å². The highest BCUT2D eigenvalue weighted by molar-refractivity contribution is 6.34. The Morgan fingerprint density at radius 2 is 2.00 bits per heavy atom. The standard InChI is InChI=1S/C16H12ClN3O2/c17-9-1-2-10-11(16(22)20-14(10)4-9)3-8-5-19-15(21)13-7-18-6-12(8)13/h1-4,6-8,18H,5H2,(H,19,21)(H,20,22). The predicted molar refractivity (Wildman–Crippen MR) is 83.9 cm³/mol. The van der Waals surface area contributed by atoms with E-state index in [1.807, 2.05) is 18.3 Å². The molecule has 6 heteroatoms. The third kappa shape index (κ3) is 1.94. The van der Waals surface area contributed by atoms with Gasteiger partial charge in [0.15, 0.2) is 0 Å². The third-order valence-electron chi connectivity index (χ3n) is 4.04. The van der Waals surface area contributed by atoms with E-state index < -0.39 is 0 Å². The van der Waals surface area contributed by atoms with E-state index in [2.05, 4.69) is 15.6 Å². The van der Waals surface area contributed by atoms with Crippen molar-refractivity contribution in [2.24, 2.45) is 0 Å². The number of anilines is 1. The topological polar surface area (TPSA) is 74.0 Å². The number of halogens is 1. The van der Waals surface area contributed by atoms with Gasteiger partial charge in [-0.25, -0.2) is 0 Å². The summed E-state index contributed by atoms with van der Waals surface area (Å²) >= 11 is 5.96. The molecule has 1 aromatic carbocycles. The Morgan fingerprint density at radius 1 is 1.14 bits per heavy atom. The molecule has 1 unspecified atom stereocenters. The Hall–Kier alpha value is -2.53. The van der Waals surface area contributed by atoms with E-state index in [0.717, 1.165) is 16.8 Å². The van der Waals surface area contributed by atoms with Gasteiger partial charge in [0.05, 0.1) is 11.3 Å². The maximum Gasteiger partial charge on any atom is 0.256 e. The Balaban J connectivity index is 1.78. The Morgan fingerprint density at radius 3 is 2.86 bits per heavy atom. The van der Waals surface area contributed by atoms with Crippen LogP contribution in [-0.2, 0) is 4.79 Å². The number of nitrogens with one attached hydrogen (secondary N) is 3. The van der Waals surface area contributed by atoms with Gasteiger partial charge in [-0.05, 0) is 17.7 Å². The maximum absolute atomic E-state index is 12.2. The van der Waals surface area contributed by atoms with E-state index >= 15 is 0 Å². The first-order valence-electron chi connectivity index (χ1n) is 6.91. The molecule has 0 saturated heterocycles. The average Bonchev–Trinajstić information content (AvgIpc) is 3.08. The number of rotatable bonds is 1. The molecule has 0 fully saturated rings. The fraction of sp³-hybridized carbons (Fsp3) is 0.125. The molecule has 0 spiro atoms. The summed E-state index contributed by atoms with van der Waals surface area (Å²) in [5.74, 6) is -0.276. The number of H-pyrrole nitrogens is 1. The van der Waals surface area contributed by atoms with Crippen molar-refractivity contribution in [3.05, 3.63) is 58.4 Å². The molecule has 0 radical (unpaired) electrons. The monoisotopic (exact) mass is 313 g/mol. The molecule has 110 valence electrons. The van der Waals surface area contributed by atoms with Crippen molar-refractivity contribution in [1.29, 1.82) is 0 Å². The van der Waals surface area contributed by atoms with Crippen molar-refractivity contribution in [2.45, 2.75) is 5.92 Å². The predicted octanol–water partition coefficient (Wildman–Crippen LogP) is 2.53. The number of aromatic nitrogens is 1. The van der Waals surface area contributed by atoms with Crippen molar-refractivity contribution >= 4 is 34.7 Å². The second-order valence-electron chi connectivity index (χ2n) is 5.37. The molecule has 2 aliphatic heterocycles. The lowest BCUT2D eigenvalue weighted by atomic mass is 9.91. The van der Waals surface area contributed by atoms with Gasteiger partial charge in [-0.1, -0.05) is 23.7 Å². The zero-order valence-electron chi connectivity index (χ0n) is 11.4. The fourth-order valence-corrected chi connectivity index (χ4v) is 3.14. The molecule has 1 atom stereocenters. The Bertz CT molecular complexity index is 838. The molecule has 0 saturated carbocycles. The van der Waals surface area contributed by atoms with Crippen LogP contribution < -0.4 is 10.6 Å². The number of hydrogen-bond acceptors (Lipinski definition) is 2. The number of fused-ring (bicyclic) bond motifs is 2. The van der Waals surface area contributed by atoms with Crippen LogP contribution in [0.25, 0.3) is 5.57 Å². The first-order chi connectivity index (χ1) is 10.6. The highest BCUT2D eigenvalue weighted by Crippen LogP contribution is 2.36. The van der Waals surface area contributed by atoms with E-state index in [-0.39, 0.29) is 17.7 Å². The van der Waals surface area contributed by atoms with Gasteiger partial charge in [-0.15, -0.1) is 0 Å². The van der Waals surface area contributed by atoms with Crippen LogP contribution in [0.2, 0.25) is 5.02 Å². The number of carbonyl (C=O) groups is 2. The van der Waals surface area contributed by atoms with Gasteiger partial charge in [0.25, 0.3) is 11.8 Å². The molecule has 1 aromatic heterocycles. The number of benzene rings is 1. The molecule has 2 amide bonds. The highest BCUT2D eigenvalue weighted by atomic mass is 35.5. The summed E-state index contributed by atoms with van der Waals surface area (Å²) in [6.07, 6.45) is 5.39. The van der Waals surface area contributed by atoms with Crippen molar-refractivity contribution in [2.75, 3.05) is 11.9 Å². The Kier molecular flexibility index (Phi) is 2.84. The SMILES string of the molecule is O=C1Nc2cc(Cl)ccc2C1=CC1CNC(=O)c2c[nH]cc21. The lowest BCUT2D eigenvalue weighted by Crippen LogP contribution is -2.33. The molecule has 2 aromatic rings. The minimum atomic E-state index is -0.147. The zero-order chi connectivity index (χ0) is 15.3. The second-order valence-corrected chi connectivity index (χ2v) is 5.80. The minimum Gasteiger partial charge on any atom is -0.367 e. The quantitative estimate of drug-likeness (QED) is 0.708. The lowest BCUT2D eigenvalue weighted by molar-refractivity contribution is -0.110. The second kappa shape index (κ2) is 4.74. The molecule has 22 heavy (non-hydrogen) atoms. The summed E-state index contributed by atoms with van der Waals surface area (Å²) in [4.78, 5) is 27.0. The van der Waals surface area contributed by atoms with Gasteiger partial charge in [-0.2, -0.15) is 0 Å². The first kappa shape index (κ1) is 13.2. The van der Waals surface area contributed by atoms with Crippen molar-refractivity contribution in [3.63, 3.8) is 0 Å². The van der Waals surface area contributed by atoms with Crippen LogP contribution in [0.1, 0.15) is 27.4 Å². The van der Waals surface area contributed by atoms with E-state index in [1.165, 1.54) is 0 Å². The van der Waals surface area contributed by atoms with Crippen LogP contribution in [-0.4, -0.2) is 23.3 Å². The molecule has 3 heterocycles. The summed E-state index contributed by atoms with van der Waals surface area (Å²) < 4.78 is 0. The fourth-order valence-electron chi connectivity index (χ4n) is 2.97. The highest BCUT2D eigenvalue weighted by Gasteiger charge is 2.29. The molecule has 5 nitrogen and oxygen atoms in total. The van der Waals surface area contributed by atoms with Crippen LogP contribution >= 0.6 is 11.6 Å². The van der Waals surface area contributed by atoms with Gasteiger partial charge in [0.2, 0.25) is 0 Å².